The number of nitrogens with one attached hydrogen (secondary N) is 3. The summed E-state index contributed by atoms with van der Waals surface area (Å²) in [5.74, 6) is -0.298. The minimum absolute atomic E-state index is 0.133. The minimum Gasteiger partial charge on any atom is -0.347 e. The van der Waals surface area contributed by atoms with Gasteiger partial charge in [-0.05, 0) is 37.6 Å². The van der Waals surface area contributed by atoms with Gasteiger partial charge in [0.05, 0.1) is 12.6 Å². The van der Waals surface area contributed by atoms with Gasteiger partial charge in [0, 0.05) is 18.3 Å². The lowest BCUT2D eigenvalue weighted by atomic mass is 10.0. The SMILES string of the molecule is CNCC(=O)NC1(C(=O)NC(Cc2ccccn2)c2ccccc2)CC1. The number of hydrogen-bond acceptors (Lipinski definition) is 4. The largest absolute Gasteiger partial charge is 0.347 e. The van der Waals surface area contributed by atoms with Gasteiger partial charge in [0.15, 0.2) is 0 Å². The normalized spacial score (nSPS) is 15.7. The Kier molecular flexibility index (Phi) is 5.63. The average molecular weight is 352 g/mol. The van der Waals surface area contributed by atoms with E-state index in [1.807, 2.05) is 48.5 Å². The van der Waals surface area contributed by atoms with Crippen LogP contribution in [0.3, 0.4) is 0 Å². The molecule has 1 aliphatic carbocycles. The molecule has 26 heavy (non-hydrogen) atoms. The standard InChI is InChI=1S/C20H24N4O2/c1-21-14-18(25)24-20(10-11-20)19(26)23-17(15-7-3-2-4-8-15)13-16-9-5-6-12-22-16/h2-9,12,17,21H,10-11,13-14H2,1H3,(H,23,26)(H,24,25). The van der Waals surface area contributed by atoms with Gasteiger partial charge in [-0.15, -0.1) is 0 Å². The van der Waals surface area contributed by atoms with Gasteiger partial charge in [-0.25, -0.2) is 0 Å². The Labute approximate surface area is 153 Å². The molecule has 2 amide bonds. The number of benzene rings is 1. The first-order valence-electron chi connectivity index (χ1n) is 8.84. The minimum atomic E-state index is -0.773. The fraction of sp³-hybridized carbons (Fsp3) is 0.350. The summed E-state index contributed by atoms with van der Waals surface area (Å²) >= 11 is 0. The molecule has 3 rings (SSSR count). The zero-order valence-electron chi connectivity index (χ0n) is 14.9. The Morgan fingerprint density at radius 2 is 1.85 bits per heavy atom. The second kappa shape index (κ2) is 8.10. The fourth-order valence-electron chi connectivity index (χ4n) is 2.97. The predicted octanol–water partition coefficient (Wildman–Crippen LogP) is 1.35. The van der Waals surface area contributed by atoms with Gasteiger partial charge >= 0.3 is 0 Å². The van der Waals surface area contributed by atoms with Crippen molar-refractivity contribution in [1.82, 2.24) is 20.9 Å². The number of amides is 2. The van der Waals surface area contributed by atoms with Gasteiger partial charge in [0.2, 0.25) is 11.8 Å². The van der Waals surface area contributed by atoms with Gasteiger partial charge < -0.3 is 16.0 Å². The molecule has 1 atom stereocenters. The molecule has 0 radical (unpaired) electrons. The molecule has 2 aromatic rings. The van der Waals surface area contributed by atoms with Crippen molar-refractivity contribution in [2.45, 2.75) is 30.8 Å². The summed E-state index contributed by atoms with van der Waals surface area (Å²) in [6, 6.07) is 15.4. The summed E-state index contributed by atoms with van der Waals surface area (Å²) in [5, 5.41) is 8.78. The fourth-order valence-corrected chi connectivity index (χ4v) is 2.97. The Morgan fingerprint density at radius 1 is 1.12 bits per heavy atom. The van der Waals surface area contributed by atoms with Crippen LogP contribution in [0.1, 0.15) is 30.1 Å². The van der Waals surface area contributed by atoms with Crippen molar-refractivity contribution in [1.29, 1.82) is 0 Å². The van der Waals surface area contributed by atoms with Crippen molar-refractivity contribution in [2.24, 2.45) is 0 Å². The van der Waals surface area contributed by atoms with E-state index in [2.05, 4.69) is 20.9 Å². The van der Waals surface area contributed by atoms with Crippen molar-refractivity contribution >= 4 is 11.8 Å². The lowest BCUT2D eigenvalue weighted by Gasteiger charge is -2.23. The molecule has 1 fully saturated rings. The maximum atomic E-state index is 12.9. The number of carbonyl (C=O) groups is 2. The highest BCUT2D eigenvalue weighted by atomic mass is 16.2. The zero-order valence-corrected chi connectivity index (χ0v) is 14.9. The number of carbonyl (C=O) groups excluding carboxylic acids is 2. The van der Waals surface area contributed by atoms with E-state index in [0.717, 1.165) is 11.3 Å². The molecule has 6 nitrogen and oxygen atoms in total. The quantitative estimate of drug-likeness (QED) is 0.670. The van der Waals surface area contributed by atoms with Crippen LogP contribution in [-0.2, 0) is 16.0 Å². The van der Waals surface area contributed by atoms with E-state index in [4.69, 9.17) is 0 Å². The topological polar surface area (TPSA) is 83.1 Å². The number of hydrogen-bond donors (Lipinski definition) is 3. The molecule has 6 heteroatoms. The first-order chi connectivity index (χ1) is 12.6. The molecule has 3 N–H and O–H groups in total. The van der Waals surface area contributed by atoms with Crippen LogP contribution in [-0.4, -0.2) is 35.9 Å². The molecule has 136 valence electrons. The Hall–Kier alpha value is -2.73. The molecule has 0 saturated heterocycles. The number of rotatable bonds is 8. The second-order valence-corrected chi connectivity index (χ2v) is 6.62. The smallest absolute Gasteiger partial charge is 0.246 e. The average Bonchev–Trinajstić information content (AvgIpc) is 3.43. The van der Waals surface area contributed by atoms with Crippen LogP contribution >= 0.6 is 0 Å². The van der Waals surface area contributed by atoms with E-state index in [9.17, 15) is 9.59 Å². The molecule has 1 aromatic carbocycles. The summed E-state index contributed by atoms with van der Waals surface area (Å²) in [4.78, 5) is 29.1. The van der Waals surface area contributed by atoms with E-state index < -0.39 is 5.54 Å². The van der Waals surface area contributed by atoms with Crippen LogP contribution in [0.5, 0.6) is 0 Å². The lowest BCUT2D eigenvalue weighted by Crippen LogP contribution is -2.51. The third-order valence-electron chi connectivity index (χ3n) is 4.55. The number of nitrogens with zero attached hydrogens (tertiary/aromatic N) is 1. The summed E-state index contributed by atoms with van der Waals surface area (Å²) in [6.07, 6.45) is 3.68. The number of pyridine rings is 1. The van der Waals surface area contributed by atoms with E-state index in [1.54, 1.807) is 13.2 Å². The molecule has 1 unspecified atom stereocenters. The third kappa shape index (κ3) is 4.46. The molecular formula is C20H24N4O2. The van der Waals surface area contributed by atoms with Gasteiger partial charge in [-0.1, -0.05) is 36.4 Å². The highest BCUT2D eigenvalue weighted by molar-refractivity contribution is 5.94. The molecule has 0 bridgehead atoms. The Bertz CT molecular complexity index is 745. The van der Waals surface area contributed by atoms with Crippen LogP contribution in [0.15, 0.2) is 54.7 Å². The molecule has 1 heterocycles. The highest BCUT2D eigenvalue weighted by Gasteiger charge is 2.51. The Morgan fingerprint density at radius 3 is 2.46 bits per heavy atom. The van der Waals surface area contributed by atoms with Crippen LogP contribution in [0, 0.1) is 0 Å². The first-order valence-corrected chi connectivity index (χ1v) is 8.84. The van der Waals surface area contributed by atoms with Crippen molar-refractivity contribution in [3.63, 3.8) is 0 Å². The molecule has 1 aromatic heterocycles. The molecule has 0 spiro atoms. The number of likely N-dealkylation sites (N-methyl/N-ethyl adjacent to an activating group) is 1. The van der Waals surface area contributed by atoms with E-state index in [0.29, 0.717) is 19.3 Å². The number of aromatic nitrogens is 1. The van der Waals surface area contributed by atoms with Gasteiger partial charge in [-0.3, -0.25) is 14.6 Å². The highest BCUT2D eigenvalue weighted by Crippen LogP contribution is 2.36. The van der Waals surface area contributed by atoms with E-state index in [1.165, 1.54) is 0 Å². The maximum Gasteiger partial charge on any atom is 0.246 e. The summed E-state index contributed by atoms with van der Waals surface area (Å²) in [6.45, 7) is 0.199. The van der Waals surface area contributed by atoms with Crippen LogP contribution in [0.25, 0.3) is 0 Å². The maximum absolute atomic E-state index is 12.9. The van der Waals surface area contributed by atoms with Gasteiger partial charge in [0.25, 0.3) is 0 Å². The predicted molar refractivity (Wildman–Crippen MR) is 99.3 cm³/mol. The summed E-state index contributed by atoms with van der Waals surface area (Å²) in [5.41, 5.74) is 1.15. The zero-order chi connectivity index (χ0) is 18.4. The van der Waals surface area contributed by atoms with Crippen LogP contribution in [0.4, 0.5) is 0 Å². The second-order valence-electron chi connectivity index (χ2n) is 6.62. The van der Waals surface area contributed by atoms with Gasteiger partial charge in [0.1, 0.15) is 5.54 Å². The van der Waals surface area contributed by atoms with Crippen LogP contribution in [0.2, 0.25) is 0 Å². The molecular weight excluding hydrogens is 328 g/mol. The van der Waals surface area contributed by atoms with Crippen LogP contribution < -0.4 is 16.0 Å². The van der Waals surface area contributed by atoms with Crippen molar-refractivity contribution in [2.75, 3.05) is 13.6 Å². The van der Waals surface area contributed by atoms with Crippen molar-refractivity contribution in [3.05, 3.63) is 66.0 Å². The summed E-state index contributed by atoms with van der Waals surface area (Å²) < 4.78 is 0. The van der Waals surface area contributed by atoms with E-state index >= 15 is 0 Å². The van der Waals surface area contributed by atoms with Crippen molar-refractivity contribution < 1.29 is 9.59 Å². The molecule has 1 aliphatic rings. The molecule has 1 saturated carbocycles. The van der Waals surface area contributed by atoms with Crippen molar-refractivity contribution in [3.8, 4) is 0 Å². The first kappa shape index (κ1) is 18.1. The molecule has 0 aliphatic heterocycles. The van der Waals surface area contributed by atoms with Gasteiger partial charge in [-0.2, -0.15) is 0 Å². The monoisotopic (exact) mass is 352 g/mol. The lowest BCUT2D eigenvalue weighted by molar-refractivity contribution is -0.130. The third-order valence-corrected chi connectivity index (χ3v) is 4.55. The van der Waals surface area contributed by atoms with E-state index in [-0.39, 0.29) is 24.4 Å². The Balaban J connectivity index is 1.73. The summed E-state index contributed by atoms with van der Waals surface area (Å²) in [7, 11) is 1.71.